The quantitative estimate of drug-likeness (QED) is 0.152. The fourth-order valence-electron chi connectivity index (χ4n) is 8.03. The molecule has 1 saturated carbocycles. The first kappa shape index (κ1) is 42.1. The molecule has 1 aromatic heterocycles. The van der Waals surface area contributed by atoms with Crippen LogP contribution in [0.3, 0.4) is 0 Å². The van der Waals surface area contributed by atoms with Crippen LogP contribution in [0.1, 0.15) is 104 Å². The fourth-order valence-corrected chi connectivity index (χ4v) is 8.03. The molecule has 2 amide bonds. The Kier molecular flexibility index (Phi) is 11.4. The van der Waals surface area contributed by atoms with Crippen molar-refractivity contribution in [1.29, 1.82) is 0 Å². The molecule has 0 radical (unpaired) electrons. The largest absolute Gasteiger partial charge is 0.456 e. The van der Waals surface area contributed by atoms with Crippen LogP contribution in [0.4, 0.5) is 30.7 Å². The van der Waals surface area contributed by atoms with Crippen LogP contribution in [0.2, 0.25) is 0 Å². The van der Waals surface area contributed by atoms with Crippen molar-refractivity contribution in [3.05, 3.63) is 88.2 Å². The molecule has 9 nitrogen and oxygen atoms in total. The number of halogens is 7. The Bertz CT molecular complexity index is 1970. The van der Waals surface area contributed by atoms with Gasteiger partial charge in [-0.3, -0.25) is 14.3 Å². The van der Waals surface area contributed by atoms with Crippen molar-refractivity contribution >= 4 is 17.8 Å². The zero-order chi connectivity index (χ0) is 41.7. The van der Waals surface area contributed by atoms with Crippen LogP contribution in [0, 0.1) is 28.4 Å². The second kappa shape index (κ2) is 15.4. The highest BCUT2D eigenvalue weighted by molar-refractivity contribution is 5.94. The van der Waals surface area contributed by atoms with E-state index in [9.17, 15) is 40.7 Å². The number of alkyl halides is 5. The van der Waals surface area contributed by atoms with Gasteiger partial charge < -0.3 is 19.3 Å². The van der Waals surface area contributed by atoms with E-state index < -0.39 is 82.6 Å². The Morgan fingerprint density at radius 1 is 0.895 bits per heavy atom. The number of hydrogen-bond donors (Lipinski definition) is 0. The summed E-state index contributed by atoms with van der Waals surface area (Å²) < 4.78 is 112. The summed E-state index contributed by atoms with van der Waals surface area (Å²) in [6.07, 6.45) is -2.63. The van der Waals surface area contributed by atoms with Crippen molar-refractivity contribution in [2.45, 2.75) is 97.1 Å². The van der Waals surface area contributed by atoms with E-state index in [-0.39, 0.29) is 81.0 Å². The van der Waals surface area contributed by atoms with Gasteiger partial charge in [-0.1, -0.05) is 12.1 Å². The molecule has 1 spiro atoms. The van der Waals surface area contributed by atoms with Crippen LogP contribution in [0.25, 0.3) is 0 Å². The van der Waals surface area contributed by atoms with Gasteiger partial charge in [-0.15, -0.1) is 0 Å². The lowest BCUT2D eigenvalue weighted by Crippen LogP contribution is -2.66. The predicted molar refractivity (Wildman–Crippen MR) is 193 cm³/mol. The van der Waals surface area contributed by atoms with Gasteiger partial charge in [0.2, 0.25) is 11.8 Å². The normalized spacial score (nSPS) is 19.8. The monoisotopic (exact) mass is 808 g/mol. The van der Waals surface area contributed by atoms with Crippen molar-refractivity contribution < 1.29 is 54.6 Å². The van der Waals surface area contributed by atoms with Crippen molar-refractivity contribution in [3.8, 4) is 0 Å². The second-order valence-electron chi connectivity index (χ2n) is 17.3. The van der Waals surface area contributed by atoms with Gasteiger partial charge in [-0.2, -0.15) is 18.3 Å². The maximum Gasteiger partial charge on any atom is 0.402 e. The lowest BCUT2D eigenvalue weighted by atomic mass is 9.70. The van der Waals surface area contributed by atoms with Gasteiger partial charge in [0.05, 0.1) is 37.1 Å². The van der Waals surface area contributed by atoms with Crippen LogP contribution in [0.15, 0.2) is 48.8 Å². The first-order valence-electron chi connectivity index (χ1n) is 18.9. The van der Waals surface area contributed by atoms with E-state index >= 15 is 4.39 Å². The van der Waals surface area contributed by atoms with Gasteiger partial charge in [-0.25, -0.2) is 22.4 Å². The third kappa shape index (κ3) is 9.15. The molecule has 2 aliphatic heterocycles. The summed E-state index contributed by atoms with van der Waals surface area (Å²) in [4.78, 5) is 43.3. The maximum absolute atomic E-state index is 15.2. The molecular weight excluding hydrogens is 761 g/mol. The SMILES string of the molecule is CC(C)(C)OC(=O)c1c(COCC2CN(C(=O)c3cnn(Cc4ccc(F)cc4)c3)CC23CN(C(=O)C(C)(C)C(F)(F)F)C3)cc(F)cc1C1CCC(F)(F)CC1. The third-order valence-electron chi connectivity index (χ3n) is 11.3. The summed E-state index contributed by atoms with van der Waals surface area (Å²) in [5.74, 6) is -7.22. The molecule has 3 aromatic rings. The van der Waals surface area contributed by atoms with Gasteiger partial charge in [0, 0.05) is 56.6 Å². The summed E-state index contributed by atoms with van der Waals surface area (Å²) in [5.41, 5.74) is -2.99. The Morgan fingerprint density at radius 2 is 1.53 bits per heavy atom. The zero-order valence-electron chi connectivity index (χ0n) is 32.5. The Hall–Kier alpha value is -4.47. The third-order valence-corrected chi connectivity index (χ3v) is 11.3. The van der Waals surface area contributed by atoms with E-state index in [0.717, 1.165) is 30.4 Å². The van der Waals surface area contributed by atoms with E-state index in [1.807, 2.05) is 0 Å². The van der Waals surface area contributed by atoms with Crippen molar-refractivity contribution in [1.82, 2.24) is 19.6 Å². The molecule has 16 heteroatoms. The van der Waals surface area contributed by atoms with Crippen molar-refractivity contribution in [2.75, 3.05) is 32.8 Å². The molecule has 0 N–H and O–H groups in total. The van der Waals surface area contributed by atoms with Crippen LogP contribution in [-0.2, 0) is 27.4 Å². The molecule has 6 rings (SSSR count). The van der Waals surface area contributed by atoms with Crippen LogP contribution >= 0.6 is 0 Å². The average molecular weight is 809 g/mol. The fraction of sp³-hybridized carbons (Fsp3) is 0.561. The summed E-state index contributed by atoms with van der Waals surface area (Å²) in [5, 5.41) is 4.27. The molecule has 3 heterocycles. The highest BCUT2D eigenvalue weighted by atomic mass is 19.4. The van der Waals surface area contributed by atoms with Gasteiger partial charge in [-0.05, 0) is 94.3 Å². The minimum absolute atomic E-state index is 0.0342. The van der Waals surface area contributed by atoms with Gasteiger partial charge in [0.15, 0.2) is 0 Å². The second-order valence-corrected chi connectivity index (χ2v) is 17.3. The summed E-state index contributed by atoms with van der Waals surface area (Å²) in [7, 11) is 0. The number of nitrogens with zero attached hydrogens (tertiary/aromatic N) is 4. The first-order valence-corrected chi connectivity index (χ1v) is 18.9. The average Bonchev–Trinajstić information content (AvgIpc) is 3.72. The molecular formula is C41H47F7N4O5. The Morgan fingerprint density at radius 3 is 2.14 bits per heavy atom. The molecule has 1 aliphatic carbocycles. The number of carbonyl (C=O) groups excluding carboxylic acids is 3. The molecule has 2 saturated heterocycles. The topological polar surface area (TPSA) is 94.0 Å². The van der Waals surface area contributed by atoms with Crippen molar-refractivity contribution in [2.24, 2.45) is 16.7 Å². The van der Waals surface area contributed by atoms with Gasteiger partial charge in [0.25, 0.3) is 5.91 Å². The number of esters is 1. The summed E-state index contributed by atoms with van der Waals surface area (Å²) in [6.45, 7) is 6.57. The molecule has 1 atom stereocenters. The standard InChI is InChI=1S/C41H47F7N4O5/c1-37(2,3)57-35(54)33-27(14-31(43)15-32(33)26-10-12-40(44,45)13-11-26)20-56-21-29-19-50(22-39(29)23-51(24-39)36(55)38(4,5)41(46,47)48)34(53)28-16-49-52(18-28)17-25-6-8-30(42)9-7-25/h6-9,14-16,18,26,29H,10-13,17,19-24H2,1-5H3. The number of aromatic nitrogens is 2. The lowest BCUT2D eigenvalue weighted by molar-refractivity contribution is -0.223. The minimum atomic E-state index is -4.80. The highest BCUT2D eigenvalue weighted by Crippen LogP contribution is 2.48. The predicted octanol–water partition coefficient (Wildman–Crippen LogP) is 8.16. The molecule has 57 heavy (non-hydrogen) atoms. The van der Waals surface area contributed by atoms with Crippen LogP contribution in [0.5, 0.6) is 0 Å². The minimum Gasteiger partial charge on any atom is -0.456 e. The number of likely N-dealkylation sites (tertiary alicyclic amines) is 2. The number of benzene rings is 2. The Labute approximate surface area is 326 Å². The molecule has 310 valence electrons. The van der Waals surface area contributed by atoms with E-state index in [1.54, 1.807) is 32.9 Å². The van der Waals surface area contributed by atoms with E-state index in [2.05, 4.69) is 5.10 Å². The number of rotatable bonds is 10. The molecule has 0 bridgehead atoms. The highest BCUT2D eigenvalue weighted by Gasteiger charge is 2.61. The van der Waals surface area contributed by atoms with E-state index in [4.69, 9.17) is 9.47 Å². The molecule has 2 aromatic carbocycles. The zero-order valence-corrected chi connectivity index (χ0v) is 32.5. The molecule has 3 aliphatic rings. The summed E-state index contributed by atoms with van der Waals surface area (Å²) >= 11 is 0. The number of carbonyl (C=O) groups is 3. The molecule has 1 unspecified atom stereocenters. The van der Waals surface area contributed by atoms with Crippen LogP contribution < -0.4 is 0 Å². The van der Waals surface area contributed by atoms with E-state index in [1.165, 1.54) is 40.2 Å². The molecule has 3 fully saturated rings. The number of amides is 2. The van der Waals surface area contributed by atoms with Gasteiger partial charge in [0.1, 0.15) is 22.7 Å². The van der Waals surface area contributed by atoms with Gasteiger partial charge >= 0.3 is 12.1 Å². The number of hydrogen-bond acceptors (Lipinski definition) is 6. The Balaban J connectivity index is 1.23. The summed E-state index contributed by atoms with van der Waals surface area (Å²) in [6, 6.07) is 8.12. The van der Waals surface area contributed by atoms with Crippen LogP contribution in [-0.4, -0.2) is 87.8 Å². The van der Waals surface area contributed by atoms with E-state index in [0.29, 0.717) is 0 Å². The maximum atomic E-state index is 15.2. The van der Waals surface area contributed by atoms with Crippen molar-refractivity contribution in [3.63, 3.8) is 0 Å². The first-order chi connectivity index (χ1) is 26.5. The smallest absolute Gasteiger partial charge is 0.402 e. The lowest BCUT2D eigenvalue weighted by Gasteiger charge is -2.52. The number of ether oxygens (including phenoxy) is 2.